The number of para-hydroxylation sites is 1. The van der Waals surface area contributed by atoms with Gasteiger partial charge in [0.2, 0.25) is 0 Å². The highest BCUT2D eigenvalue weighted by atomic mass is 35.5. The molecule has 3 rings (SSSR count). The Morgan fingerprint density at radius 1 is 1.38 bits per heavy atom. The Hall–Kier alpha value is -1.85. The minimum Gasteiger partial charge on any atom is -0.480 e. The third kappa shape index (κ3) is 2.22. The number of hydrogen-bond donors (Lipinski definition) is 1. The molecule has 1 amide bonds. The fourth-order valence-corrected chi connectivity index (χ4v) is 3.73. The van der Waals surface area contributed by atoms with Gasteiger partial charge in [-0.15, -0.1) is 11.3 Å². The van der Waals surface area contributed by atoms with Crippen molar-refractivity contribution < 1.29 is 14.7 Å². The number of aliphatic carboxylic acids is 1. The third-order valence-electron chi connectivity index (χ3n) is 3.57. The van der Waals surface area contributed by atoms with Gasteiger partial charge in [-0.1, -0.05) is 29.8 Å². The quantitative estimate of drug-likeness (QED) is 0.922. The fraction of sp³-hybridized carbons (Fsp3) is 0.200. The smallest absolute Gasteiger partial charge is 0.327 e. The lowest BCUT2D eigenvalue weighted by Gasteiger charge is -2.22. The summed E-state index contributed by atoms with van der Waals surface area (Å²) in [6, 6.07) is 6.37. The summed E-state index contributed by atoms with van der Waals surface area (Å²) < 4.78 is 0. The summed E-state index contributed by atoms with van der Waals surface area (Å²) in [5.41, 5.74) is 2.34. The Labute approximate surface area is 130 Å². The molecule has 0 fully saturated rings. The van der Waals surface area contributed by atoms with Gasteiger partial charge in [0.25, 0.3) is 5.91 Å². The van der Waals surface area contributed by atoms with Crippen molar-refractivity contribution in [3.63, 3.8) is 0 Å². The molecule has 108 valence electrons. The minimum atomic E-state index is -1.01. The first-order valence-electron chi connectivity index (χ1n) is 6.38. The van der Waals surface area contributed by atoms with Gasteiger partial charge in [-0.05, 0) is 29.5 Å². The van der Waals surface area contributed by atoms with Gasteiger partial charge in [-0.2, -0.15) is 0 Å². The number of carboxylic acid groups (broad SMARTS) is 1. The van der Waals surface area contributed by atoms with E-state index in [1.165, 1.54) is 16.2 Å². The van der Waals surface area contributed by atoms with Crippen molar-refractivity contribution >= 4 is 40.5 Å². The van der Waals surface area contributed by atoms with Crippen LogP contribution >= 0.6 is 22.9 Å². The molecular formula is C15H12ClNO3S. The summed E-state index contributed by atoms with van der Waals surface area (Å²) >= 11 is 7.40. The van der Waals surface area contributed by atoms with Crippen molar-refractivity contribution in [2.45, 2.75) is 19.4 Å². The number of benzene rings is 1. The SMILES string of the molecule is Cc1csc(C(=O)N2c3ccccc3CC2C(=O)O)c1Cl. The van der Waals surface area contributed by atoms with Gasteiger partial charge in [0, 0.05) is 12.1 Å². The van der Waals surface area contributed by atoms with Crippen LogP contribution in [0.1, 0.15) is 20.8 Å². The summed E-state index contributed by atoms with van der Waals surface area (Å²) in [5, 5.41) is 11.6. The van der Waals surface area contributed by atoms with Crippen LogP contribution in [0.3, 0.4) is 0 Å². The van der Waals surface area contributed by atoms with Crippen molar-refractivity contribution in [1.29, 1.82) is 0 Å². The van der Waals surface area contributed by atoms with E-state index < -0.39 is 12.0 Å². The molecule has 0 saturated heterocycles. The molecule has 6 heteroatoms. The van der Waals surface area contributed by atoms with Crippen LogP contribution in [-0.4, -0.2) is 23.0 Å². The van der Waals surface area contributed by atoms with E-state index in [1.54, 1.807) is 17.5 Å². The van der Waals surface area contributed by atoms with Crippen molar-refractivity contribution in [2.75, 3.05) is 4.90 Å². The molecule has 1 atom stereocenters. The zero-order valence-corrected chi connectivity index (χ0v) is 12.7. The average molecular weight is 322 g/mol. The molecule has 1 unspecified atom stereocenters. The van der Waals surface area contributed by atoms with Crippen LogP contribution in [0.25, 0.3) is 0 Å². The summed E-state index contributed by atoms with van der Waals surface area (Å²) in [6.07, 6.45) is 0.319. The predicted octanol–water partition coefficient (Wildman–Crippen LogP) is 3.37. The second-order valence-electron chi connectivity index (χ2n) is 4.92. The molecule has 1 aromatic carbocycles. The zero-order chi connectivity index (χ0) is 15.1. The van der Waals surface area contributed by atoms with E-state index in [1.807, 2.05) is 19.1 Å². The molecule has 1 aromatic heterocycles. The fourth-order valence-electron chi connectivity index (χ4n) is 2.52. The van der Waals surface area contributed by atoms with E-state index in [0.29, 0.717) is 22.0 Å². The van der Waals surface area contributed by atoms with Crippen LogP contribution in [0.5, 0.6) is 0 Å². The van der Waals surface area contributed by atoms with Gasteiger partial charge in [-0.25, -0.2) is 4.79 Å². The summed E-state index contributed by atoms with van der Waals surface area (Å²) in [5.74, 6) is -1.36. The lowest BCUT2D eigenvalue weighted by molar-refractivity contribution is -0.138. The molecule has 0 saturated carbocycles. The van der Waals surface area contributed by atoms with Crippen LogP contribution in [-0.2, 0) is 11.2 Å². The highest BCUT2D eigenvalue weighted by molar-refractivity contribution is 7.13. The predicted molar refractivity (Wildman–Crippen MR) is 82.4 cm³/mol. The van der Waals surface area contributed by atoms with E-state index in [9.17, 15) is 14.7 Å². The van der Waals surface area contributed by atoms with Crippen LogP contribution in [0.15, 0.2) is 29.6 Å². The topological polar surface area (TPSA) is 57.6 Å². The number of nitrogens with zero attached hydrogens (tertiary/aromatic N) is 1. The Kier molecular flexibility index (Phi) is 3.47. The maximum atomic E-state index is 12.7. The van der Waals surface area contributed by atoms with E-state index in [0.717, 1.165) is 11.1 Å². The number of hydrogen-bond acceptors (Lipinski definition) is 3. The minimum absolute atomic E-state index is 0.319. The molecule has 21 heavy (non-hydrogen) atoms. The van der Waals surface area contributed by atoms with E-state index in [4.69, 9.17) is 11.6 Å². The molecule has 2 heterocycles. The molecule has 0 radical (unpaired) electrons. The first-order chi connectivity index (χ1) is 10.0. The van der Waals surface area contributed by atoms with Crippen LogP contribution < -0.4 is 4.90 Å². The Morgan fingerprint density at radius 3 is 2.71 bits per heavy atom. The van der Waals surface area contributed by atoms with Gasteiger partial charge in [-0.3, -0.25) is 9.69 Å². The highest BCUT2D eigenvalue weighted by Gasteiger charge is 2.39. The van der Waals surface area contributed by atoms with Crippen molar-refractivity contribution in [1.82, 2.24) is 0 Å². The number of carboxylic acids is 1. The second-order valence-corrected chi connectivity index (χ2v) is 6.18. The maximum absolute atomic E-state index is 12.7. The second kappa shape index (κ2) is 5.16. The van der Waals surface area contributed by atoms with E-state index in [-0.39, 0.29) is 5.91 Å². The van der Waals surface area contributed by atoms with Gasteiger partial charge in [0.05, 0.1) is 5.02 Å². The number of rotatable bonds is 2. The molecule has 1 N–H and O–H groups in total. The van der Waals surface area contributed by atoms with Crippen LogP contribution in [0, 0.1) is 6.92 Å². The van der Waals surface area contributed by atoms with E-state index in [2.05, 4.69) is 0 Å². The maximum Gasteiger partial charge on any atom is 0.327 e. The monoisotopic (exact) mass is 321 g/mol. The van der Waals surface area contributed by atoms with Crippen molar-refractivity contribution in [2.24, 2.45) is 0 Å². The first-order valence-corrected chi connectivity index (χ1v) is 7.64. The van der Waals surface area contributed by atoms with Gasteiger partial charge < -0.3 is 5.11 Å². The van der Waals surface area contributed by atoms with E-state index >= 15 is 0 Å². The summed E-state index contributed by atoms with van der Waals surface area (Å²) in [6.45, 7) is 1.82. The zero-order valence-electron chi connectivity index (χ0n) is 11.2. The van der Waals surface area contributed by atoms with Gasteiger partial charge in [0.1, 0.15) is 10.9 Å². The molecule has 2 aromatic rings. The molecule has 0 aliphatic carbocycles. The van der Waals surface area contributed by atoms with Crippen molar-refractivity contribution in [3.05, 3.63) is 50.7 Å². The molecule has 0 bridgehead atoms. The number of halogens is 1. The summed E-state index contributed by atoms with van der Waals surface area (Å²) in [7, 11) is 0. The number of carbonyl (C=O) groups is 2. The lowest BCUT2D eigenvalue weighted by Crippen LogP contribution is -2.42. The summed E-state index contributed by atoms with van der Waals surface area (Å²) in [4.78, 5) is 26.0. The Bertz CT molecular complexity index is 740. The third-order valence-corrected chi connectivity index (χ3v) is 5.26. The number of anilines is 1. The lowest BCUT2D eigenvalue weighted by atomic mass is 10.1. The Morgan fingerprint density at radius 2 is 2.10 bits per heavy atom. The standard InChI is InChI=1S/C15H12ClNO3S/c1-8-7-21-13(12(8)16)14(18)17-10-5-3-2-4-9(10)6-11(17)15(19)20/h2-5,7,11H,6H2,1H3,(H,19,20). The normalized spacial score (nSPS) is 16.9. The first kappa shape index (κ1) is 14.1. The number of carbonyl (C=O) groups excluding carboxylic acids is 1. The van der Waals surface area contributed by atoms with Gasteiger partial charge >= 0.3 is 5.97 Å². The van der Waals surface area contributed by atoms with Crippen LogP contribution in [0.2, 0.25) is 5.02 Å². The number of fused-ring (bicyclic) bond motifs is 1. The molecule has 1 aliphatic heterocycles. The average Bonchev–Trinajstić information content (AvgIpc) is 3.00. The largest absolute Gasteiger partial charge is 0.480 e. The molecule has 1 aliphatic rings. The number of aryl methyl sites for hydroxylation is 1. The Balaban J connectivity index is 2.08. The number of thiophene rings is 1. The van der Waals surface area contributed by atoms with Crippen LogP contribution in [0.4, 0.5) is 5.69 Å². The molecule has 0 spiro atoms. The van der Waals surface area contributed by atoms with Gasteiger partial charge in [0.15, 0.2) is 0 Å². The molecular weight excluding hydrogens is 310 g/mol. The number of amides is 1. The van der Waals surface area contributed by atoms with Crippen molar-refractivity contribution in [3.8, 4) is 0 Å². The molecule has 4 nitrogen and oxygen atoms in total. The highest BCUT2D eigenvalue weighted by Crippen LogP contribution is 2.36.